The van der Waals surface area contributed by atoms with Gasteiger partial charge in [0.15, 0.2) is 0 Å². The molecule has 0 aromatic rings. The normalized spacial score (nSPS) is 29.8. The number of hydrogen-bond donors (Lipinski definition) is 1. The van der Waals surface area contributed by atoms with Gasteiger partial charge < -0.3 is 10.2 Å². The molecular weight excluding hydrogens is 196 g/mol. The van der Waals surface area contributed by atoms with Gasteiger partial charge in [-0.2, -0.15) is 0 Å². The first-order chi connectivity index (χ1) is 7.54. The first-order valence-corrected chi connectivity index (χ1v) is 6.98. The molecule has 0 aromatic heterocycles. The Morgan fingerprint density at radius 3 is 2.38 bits per heavy atom. The molecule has 2 rings (SSSR count). The van der Waals surface area contributed by atoms with Crippen molar-refractivity contribution in [3.8, 4) is 0 Å². The minimum atomic E-state index is 0.461. The van der Waals surface area contributed by atoms with Crippen LogP contribution in [0.1, 0.15) is 40.0 Å². The van der Waals surface area contributed by atoms with Gasteiger partial charge in [0, 0.05) is 13.1 Å². The van der Waals surface area contributed by atoms with E-state index in [9.17, 15) is 0 Å². The maximum atomic E-state index is 3.47. The van der Waals surface area contributed by atoms with Crippen LogP contribution in [0.4, 0.5) is 0 Å². The van der Waals surface area contributed by atoms with Crippen molar-refractivity contribution in [2.45, 2.75) is 40.0 Å². The molecule has 0 spiro atoms. The number of likely N-dealkylation sites (tertiary alicyclic amines) is 1. The Labute approximate surface area is 101 Å². The summed E-state index contributed by atoms with van der Waals surface area (Å²) in [6, 6.07) is 0. The third-order valence-electron chi connectivity index (χ3n) is 4.06. The van der Waals surface area contributed by atoms with Crippen LogP contribution in [0, 0.1) is 17.3 Å². The summed E-state index contributed by atoms with van der Waals surface area (Å²) in [7, 11) is 0. The van der Waals surface area contributed by atoms with Crippen LogP contribution in [0.5, 0.6) is 0 Å². The van der Waals surface area contributed by atoms with Gasteiger partial charge in [-0.25, -0.2) is 0 Å². The molecule has 0 amide bonds. The summed E-state index contributed by atoms with van der Waals surface area (Å²) in [5.74, 6) is 2.00. The van der Waals surface area contributed by atoms with Crippen LogP contribution in [0.25, 0.3) is 0 Å². The summed E-state index contributed by atoms with van der Waals surface area (Å²) in [4.78, 5) is 2.69. The van der Waals surface area contributed by atoms with Gasteiger partial charge in [0.05, 0.1) is 0 Å². The lowest BCUT2D eigenvalue weighted by molar-refractivity contribution is 0.200. The Kier molecular flexibility index (Phi) is 3.91. The first kappa shape index (κ1) is 12.4. The molecule has 0 radical (unpaired) electrons. The van der Waals surface area contributed by atoms with Crippen molar-refractivity contribution in [2.24, 2.45) is 17.3 Å². The number of nitrogens with zero attached hydrogens (tertiary/aromatic N) is 1. The third kappa shape index (κ3) is 3.46. The minimum Gasteiger partial charge on any atom is -0.317 e. The lowest BCUT2D eigenvalue weighted by atomic mass is 9.84. The smallest absolute Gasteiger partial charge is 0.00302 e. The zero-order chi connectivity index (χ0) is 11.6. The quantitative estimate of drug-likeness (QED) is 0.774. The predicted octanol–water partition coefficient (Wildman–Crippen LogP) is 2.35. The molecule has 2 aliphatic heterocycles. The lowest BCUT2D eigenvalue weighted by Crippen LogP contribution is -2.34. The van der Waals surface area contributed by atoms with E-state index in [1.165, 1.54) is 52.0 Å². The zero-order valence-electron chi connectivity index (χ0n) is 11.3. The molecule has 2 saturated heterocycles. The fourth-order valence-electron chi connectivity index (χ4n) is 3.38. The van der Waals surface area contributed by atoms with Gasteiger partial charge in [-0.3, -0.25) is 0 Å². The average molecular weight is 224 g/mol. The molecule has 1 N–H and O–H groups in total. The van der Waals surface area contributed by atoms with Gasteiger partial charge in [-0.05, 0) is 56.1 Å². The number of hydrogen-bond acceptors (Lipinski definition) is 2. The Bertz CT molecular complexity index is 213. The van der Waals surface area contributed by atoms with Crippen LogP contribution in [0.2, 0.25) is 0 Å². The van der Waals surface area contributed by atoms with Crippen LogP contribution >= 0.6 is 0 Å². The first-order valence-electron chi connectivity index (χ1n) is 6.98. The van der Waals surface area contributed by atoms with Gasteiger partial charge in [0.25, 0.3) is 0 Å². The van der Waals surface area contributed by atoms with E-state index in [0.29, 0.717) is 5.41 Å². The van der Waals surface area contributed by atoms with E-state index in [2.05, 4.69) is 31.0 Å². The molecule has 0 aliphatic carbocycles. The van der Waals surface area contributed by atoms with Crippen LogP contribution in [-0.2, 0) is 0 Å². The fourth-order valence-corrected chi connectivity index (χ4v) is 3.38. The van der Waals surface area contributed by atoms with Crippen molar-refractivity contribution in [3.63, 3.8) is 0 Å². The van der Waals surface area contributed by atoms with E-state index in [4.69, 9.17) is 0 Å². The number of nitrogens with one attached hydrogen (secondary N) is 1. The standard InChI is InChI=1S/C14H28N2/c1-14(2,3)11-16-9-6-13(10-16)12-4-7-15-8-5-12/h12-13,15H,4-11H2,1-3H3. The van der Waals surface area contributed by atoms with Gasteiger partial charge in [-0.15, -0.1) is 0 Å². The Morgan fingerprint density at radius 2 is 1.75 bits per heavy atom. The number of rotatable bonds is 2. The van der Waals surface area contributed by atoms with Crippen LogP contribution in [0.15, 0.2) is 0 Å². The number of piperidine rings is 1. The Morgan fingerprint density at radius 1 is 1.06 bits per heavy atom. The van der Waals surface area contributed by atoms with E-state index in [0.717, 1.165) is 11.8 Å². The highest BCUT2D eigenvalue weighted by atomic mass is 15.2. The second-order valence-corrected chi connectivity index (χ2v) is 6.93. The van der Waals surface area contributed by atoms with Crippen LogP contribution in [0.3, 0.4) is 0 Å². The average Bonchev–Trinajstić information content (AvgIpc) is 2.65. The van der Waals surface area contributed by atoms with Gasteiger partial charge in [0.1, 0.15) is 0 Å². The second kappa shape index (κ2) is 5.05. The summed E-state index contributed by atoms with van der Waals surface area (Å²) in [6.45, 7) is 13.5. The summed E-state index contributed by atoms with van der Waals surface area (Å²) < 4.78 is 0. The lowest BCUT2D eigenvalue weighted by Gasteiger charge is -2.30. The molecule has 1 atom stereocenters. The van der Waals surface area contributed by atoms with Gasteiger partial charge in [-0.1, -0.05) is 20.8 Å². The maximum Gasteiger partial charge on any atom is 0.00302 e. The fraction of sp³-hybridized carbons (Fsp3) is 1.00. The van der Waals surface area contributed by atoms with E-state index in [1.807, 2.05) is 0 Å². The van der Waals surface area contributed by atoms with Crippen molar-refractivity contribution in [1.29, 1.82) is 0 Å². The molecule has 0 aromatic carbocycles. The van der Waals surface area contributed by atoms with Crippen molar-refractivity contribution in [2.75, 3.05) is 32.7 Å². The molecule has 2 fully saturated rings. The zero-order valence-corrected chi connectivity index (χ0v) is 11.3. The topological polar surface area (TPSA) is 15.3 Å². The molecule has 2 nitrogen and oxygen atoms in total. The molecule has 2 aliphatic rings. The summed E-state index contributed by atoms with van der Waals surface area (Å²) in [5, 5.41) is 3.47. The monoisotopic (exact) mass is 224 g/mol. The van der Waals surface area contributed by atoms with Gasteiger partial charge >= 0.3 is 0 Å². The molecular formula is C14H28N2. The van der Waals surface area contributed by atoms with Crippen LogP contribution < -0.4 is 5.32 Å². The largest absolute Gasteiger partial charge is 0.317 e. The van der Waals surface area contributed by atoms with E-state index in [-0.39, 0.29) is 0 Å². The van der Waals surface area contributed by atoms with Crippen molar-refractivity contribution >= 4 is 0 Å². The van der Waals surface area contributed by atoms with Crippen molar-refractivity contribution in [1.82, 2.24) is 10.2 Å². The van der Waals surface area contributed by atoms with E-state index >= 15 is 0 Å². The highest BCUT2D eigenvalue weighted by Crippen LogP contribution is 2.31. The summed E-state index contributed by atoms with van der Waals surface area (Å²) >= 11 is 0. The SMILES string of the molecule is CC(C)(C)CN1CCC(C2CCNCC2)C1. The van der Waals surface area contributed by atoms with Crippen molar-refractivity contribution in [3.05, 3.63) is 0 Å². The maximum absolute atomic E-state index is 3.47. The minimum absolute atomic E-state index is 0.461. The van der Waals surface area contributed by atoms with Gasteiger partial charge in [0.2, 0.25) is 0 Å². The van der Waals surface area contributed by atoms with Crippen LogP contribution in [-0.4, -0.2) is 37.6 Å². The highest BCUT2D eigenvalue weighted by molar-refractivity contribution is 4.85. The molecule has 2 heteroatoms. The summed E-state index contributed by atoms with van der Waals surface area (Å²) in [5.41, 5.74) is 0.461. The molecule has 0 bridgehead atoms. The predicted molar refractivity (Wildman–Crippen MR) is 69.6 cm³/mol. The molecule has 0 saturated carbocycles. The van der Waals surface area contributed by atoms with E-state index in [1.54, 1.807) is 0 Å². The highest BCUT2D eigenvalue weighted by Gasteiger charge is 2.31. The summed E-state index contributed by atoms with van der Waals surface area (Å²) in [6.07, 6.45) is 4.27. The third-order valence-corrected chi connectivity index (χ3v) is 4.06. The molecule has 94 valence electrons. The Hall–Kier alpha value is -0.0800. The Balaban J connectivity index is 1.78. The molecule has 16 heavy (non-hydrogen) atoms. The molecule has 1 unspecified atom stereocenters. The van der Waals surface area contributed by atoms with Crippen molar-refractivity contribution < 1.29 is 0 Å². The molecule has 2 heterocycles. The van der Waals surface area contributed by atoms with E-state index < -0.39 is 0 Å². The second-order valence-electron chi connectivity index (χ2n) is 6.93.